The molecule has 2 heterocycles. The third-order valence-electron chi connectivity index (χ3n) is 3.16. The molecule has 0 N–H and O–H groups in total. The molecule has 1 amide bonds. The van der Waals surface area contributed by atoms with Gasteiger partial charge in [-0.05, 0) is 27.2 Å². The molecule has 2 rings (SSSR count). The molecule has 0 aromatic carbocycles. The number of likely N-dealkylation sites (tertiary alicyclic amines) is 1. The van der Waals surface area contributed by atoms with Gasteiger partial charge in [0.25, 0.3) is 0 Å². The van der Waals surface area contributed by atoms with Gasteiger partial charge in [-0.3, -0.25) is 0 Å². The van der Waals surface area contributed by atoms with Crippen molar-refractivity contribution in [3.05, 3.63) is 0 Å². The average molecular weight is 353 g/mol. The Morgan fingerprint density at radius 2 is 2.18 bits per heavy atom. The van der Waals surface area contributed by atoms with Gasteiger partial charge in [-0.25, -0.2) is 4.79 Å². The van der Waals surface area contributed by atoms with E-state index in [1.807, 2.05) is 20.8 Å². The number of ether oxygens (including phenoxy) is 2. The van der Waals surface area contributed by atoms with Gasteiger partial charge in [-0.2, -0.15) is 0 Å². The van der Waals surface area contributed by atoms with Crippen molar-refractivity contribution in [1.82, 2.24) is 4.90 Å². The maximum atomic E-state index is 11.8. The van der Waals surface area contributed by atoms with E-state index in [0.717, 1.165) is 30.5 Å². The predicted molar refractivity (Wildman–Crippen MR) is 73.5 cm³/mol. The minimum absolute atomic E-state index is 0.193. The standard InChI is InChI=1S/C12H20INO3/c1-11(2,3)17-10(15)14-6-12(7-14)4-9(5-13)16-8-12/h9H,4-8H2,1-3H3/t9-/m1/s1. The maximum absolute atomic E-state index is 11.8. The van der Waals surface area contributed by atoms with E-state index < -0.39 is 5.60 Å². The fraction of sp³-hybridized carbons (Fsp3) is 0.917. The first-order chi connectivity index (χ1) is 7.84. The molecule has 2 aliphatic rings. The molecule has 17 heavy (non-hydrogen) atoms. The van der Waals surface area contributed by atoms with Crippen LogP contribution in [0.3, 0.4) is 0 Å². The van der Waals surface area contributed by atoms with Gasteiger partial charge < -0.3 is 14.4 Å². The number of hydrogen-bond acceptors (Lipinski definition) is 3. The highest BCUT2D eigenvalue weighted by Crippen LogP contribution is 2.41. The smallest absolute Gasteiger partial charge is 0.410 e. The summed E-state index contributed by atoms with van der Waals surface area (Å²) >= 11 is 2.35. The normalized spacial score (nSPS) is 27.1. The van der Waals surface area contributed by atoms with Crippen LogP contribution in [0.4, 0.5) is 4.79 Å². The van der Waals surface area contributed by atoms with Gasteiger partial charge in [0.1, 0.15) is 5.60 Å². The minimum Gasteiger partial charge on any atom is -0.444 e. The average Bonchev–Trinajstić information content (AvgIpc) is 2.56. The third kappa shape index (κ3) is 3.05. The Morgan fingerprint density at radius 1 is 1.53 bits per heavy atom. The summed E-state index contributed by atoms with van der Waals surface area (Å²) in [6.07, 6.45) is 1.26. The second kappa shape index (κ2) is 4.57. The van der Waals surface area contributed by atoms with Gasteiger partial charge in [-0.1, -0.05) is 22.6 Å². The maximum Gasteiger partial charge on any atom is 0.410 e. The van der Waals surface area contributed by atoms with Crippen molar-refractivity contribution in [2.24, 2.45) is 5.41 Å². The summed E-state index contributed by atoms with van der Waals surface area (Å²) in [6.45, 7) is 8.05. The molecule has 5 heteroatoms. The topological polar surface area (TPSA) is 38.8 Å². The fourth-order valence-corrected chi connectivity index (χ4v) is 3.00. The molecule has 1 spiro atoms. The lowest BCUT2D eigenvalue weighted by Crippen LogP contribution is -2.59. The molecule has 0 saturated carbocycles. The molecule has 0 radical (unpaired) electrons. The monoisotopic (exact) mass is 353 g/mol. The van der Waals surface area contributed by atoms with Crippen molar-refractivity contribution in [3.63, 3.8) is 0 Å². The van der Waals surface area contributed by atoms with Crippen molar-refractivity contribution < 1.29 is 14.3 Å². The van der Waals surface area contributed by atoms with E-state index in [4.69, 9.17) is 9.47 Å². The zero-order chi connectivity index (χ0) is 12.7. The summed E-state index contributed by atoms with van der Waals surface area (Å²) in [4.78, 5) is 13.6. The van der Waals surface area contributed by atoms with Gasteiger partial charge in [-0.15, -0.1) is 0 Å². The molecule has 2 fully saturated rings. The van der Waals surface area contributed by atoms with Crippen LogP contribution in [0.15, 0.2) is 0 Å². The van der Waals surface area contributed by atoms with Gasteiger partial charge in [0.05, 0.1) is 12.7 Å². The number of carbonyl (C=O) groups excluding carboxylic acids is 1. The van der Waals surface area contributed by atoms with Crippen LogP contribution in [0.25, 0.3) is 0 Å². The summed E-state index contributed by atoms with van der Waals surface area (Å²) in [5.41, 5.74) is -0.191. The second-order valence-electron chi connectivity index (χ2n) is 6.13. The van der Waals surface area contributed by atoms with Crippen LogP contribution in [0, 0.1) is 5.41 Å². The lowest BCUT2D eigenvalue weighted by molar-refractivity contribution is -0.0368. The Labute approximate surface area is 116 Å². The number of halogens is 1. The fourth-order valence-electron chi connectivity index (χ4n) is 2.43. The number of amides is 1. The zero-order valence-electron chi connectivity index (χ0n) is 10.7. The van der Waals surface area contributed by atoms with Crippen molar-refractivity contribution in [1.29, 1.82) is 0 Å². The minimum atomic E-state index is -0.406. The van der Waals surface area contributed by atoms with E-state index in [2.05, 4.69) is 22.6 Å². The molecular formula is C12H20INO3. The Bertz CT molecular complexity index is 307. The Kier molecular flexibility index (Phi) is 3.60. The van der Waals surface area contributed by atoms with E-state index >= 15 is 0 Å². The van der Waals surface area contributed by atoms with Crippen LogP contribution in [0.1, 0.15) is 27.2 Å². The molecule has 4 nitrogen and oxygen atoms in total. The van der Waals surface area contributed by atoms with Crippen LogP contribution in [-0.4, -0.2) is 46.8 Å². The SMILES string of the molecule is CC(C)(C)OC(=O)N1CC2(CO[C@@H](CI)C2)C1. The Hall–Kier alpha value is -0.0400. The van der Waals surface area contributed by atoms with E-state index in [1.54, 1.807) is 4.90 Å². The Morgan fingerprint density at radius 3 is 2.65 bits per heavy atom. The lowest BCUT2D eigenvalue weighted by atomic mass is 9.78. The highest BCUT2D eigenvalue weighted by atomic mass is 127. The van der Waals surface area contributed by atoms with Crippen LogP contribution >= 0.6 is 22.6 Å². The molecule has 0 bridgehead atoms. The van der Waals surface area contributed by atoms with E-state index in [0.29, 0.717) is 6.10 Å². The molecule has 2 aliphatic heterocycles. The van der Waals surface area contributed by atoms with Gasteiger partial charge in [0.15, 0.2) is 0 Å². The molecule has 0 aromatic heterocycles. The summed E-state index contributed by atoms with van der Waals surface area (Å²) in [5.74, 6) is 0. The lowest BCUT2D eigenvalue weighted by Gasteiger charge is -2.47. The van der Waals surface area contributed by atoms with Crippen LogP contribution in [-0.2, 0) is 9.47 Å². The van der Waals surface area contributed by atoms with Crippen LogP contribution in [0.2, 0.25) is 0 Å². The van der Waals surface area contributed by atoms with Crippen molar-refractivity contribution in [2.75, 3.05) is 24.1 Å². The summed E-state index contributed by atoms with van der Waals surface area (Å²) < 4.78 is 12.1. The molecule has 0 aromatic rings. The van der Waals surface area contributed by atoms with Gasteiger partial charge >= 0.3 is 6.09 Å². The highest BCUT2D eigenvalue weighted by Gasteiger charge is 2.51. The number of alkyl halides is 1. The highest BCUT2D eigenvalue weighted by molar-refractivity contribution is 14.1. The first-order valence-electron chi connectivity index (χ1n) is 5.99. The third-order valence-corrected chi connectivity index (χ3v) is 4.14. The van der Waals surface area contributed by atoms with Crippen LogP contribution in [0.5, 0.6) is 0 Å². The Balaban J connectivity index is 1.81. The molecule has 0 unspecified atom stereocenters. The van der Waals surface area contributed by atoms with Gasteiger partial charge in [0, 0.05) is 22.9 Å². The van der Waals surface area contributed by atoms with Crippen molar-refractivity contribution in [3.8, 4) is 0 Å². The molecule has 0 aliphatic carbocycles. The number of carbonyl (C=O) groups is 1. The first-order valence-corrected chi connectivity index (χ1v) is 7.52. The van der Waals surface area contributed by atoms with Crippen molar-refractivity contribution in [2.45, 2.75) is 38.9 Å². The number of hydrogen-bond donors (Lipinski definition) is 0. The summed E-state index contributed by atoms with van der Waals surface area (Å²) in [6, 6.07) is 0. The molecular weight excluding hydrogens is 333 g/mol. The number of nitrogens with zero attached hydrogens (tertiary/aromatic N) is 1. The molecule has 98 valence electrons. The number of rotatable bonds is 1. The van der Waals surface area contributed by atoms with E-state index in [-0.39, 0.29) is 11.5 Å². The largest absolute Gasteiger partial charge is 0.444 e. The van der Waals surface area contributed by atoms with E-state index in [1.165, 1.54) is 0 Å². The second-order valence-corrected chi connectivity index (χ2v) is 7.01. The van der Waals surface area contributed by atoms with Crippen LogP contribution < -0.4 is 0 Å². The van der Waals surface area contributed by atoms with E-state index in [9.17, 15) is 4.79 Å². The quantitative estimate of drug-likeness (QED) is 0.537. The van der Waals surface area contributed by atoms with Crippen molar-refractivity contribution >= 4 is 28.7 Å². The molecule has 2 saturated heterocycles. The summed E-state index contributed by atoms with van der Waals surface area (Å²) in [7, 11) is 0. The summed E-state index contributed by atoms with van der Waals surface area (Å²) in [5, 5.41) is 0. The first kappa shape index (κ1) is 13.4. The molecule has 1 atom stereocenters. The van der Waals surface area contributed by atoms with Gasteiger partial charge in [0.2, 0.25) is 0 Å². The predicted octanol–water partition coefficient (Wildman–Crippen LogP) is 2.45. The zero-order valence-corrected chi connectivity index (χ0v) is 12.8.